The number of benzene rings is 2. The molecular formula is C20H20ClN3O4S. The second kappa shape index (κ2) is 7.98. The minimum absolute atomic E-state index is 0.159. The number of sulfonamides is 1. The molecule has 1 aromatic heterocycles. The second-order valence-electron chi connectivity index (χ2n) is 6.54. The zero-order chi connectivity index (χ0) is 21.3. The topological polar surface area (TPSA) is 92.5 Å². The molecule has 0 unspecified atom stereocenters. The maximum absolute atomic E-state index is 12.4. The lowest BCUT2D eigenvalue weighted by Crippen LogP contribution is -2.22. The van der Waals surface area contributed by atoms with E-state index in [1.807, 2.05) is 11.5 Å². The molecule has 3 rings (SSSR count). The maximum Gasteiger partial charge on any atom is 0.335 e. The first-order chi connectivity index (χ1) is 13.6. The molecule has 0 atom stereocenters. The Morgan fingerprint density at radius 2 is 1.86 bits per heavy atom. The van der Waals surface area contributed by atoms with Gasteiger partial charge in [-0.2, -0.15) is 0 Å². The number of hydrogen-bond donors (Lipinski definition) is 1. The van der Waals surface area contributed by atoms with E-state index < -0.39 is 16.0 Å². The highest BCUT2D eigenvalue weighted by atomic mass is 35.5. The summed E-state index contributed by atoms with van der Waals surface area (Å²) in [6, 6.07) is 11.1. The van der Waals surface area contributed by atoms with Crippen LogP contribution in [0.15, 0.2) is 47.4 Å². The Labute approximate surface area is 173 Å². The Morgan fingerprint density at radius 3 is 2.41 bits per heavy atom. The number of rotatable bonds is 6. The van der Waals surface area contributed by atoms with Crippen LogP contribution in [0.1, 0.15) is 28.7 Å². The van der Waals surface area contributed by atoms with E-state index in [0.29, 0.717) is 22.9 Å². The summed E-state index contributed by atoms with van der Waals surface area (Å²) in [6.45, 7) is 2.54. The summed E-state index contributed by atoms with van der Waals surface area (Å²) in [5, 5.41) is 9.36. The summed E-state index contributed by atoms with van der Waals surface area (Å²) in [5.41, 5.74) is 2.21. The molecule has 0 amide bonds. The lowest BCUT2D eigenvalue weighted by molar-refractivity contribution is 0.0697. The first-order valence-electron chi connectivity index (χ1n) is 8.79. The Hall–Kier alpha value is -2.68. The molecule has 1 heterocycles. The van der Waals surface area contributed by atoms with Gasteiger partial charge in [0.05, 0.1) is 26.5 Å². The van der Waals surface area contributed by atoms with Gasteiger partial charge in [0.25, 0.3) is 0 Å². The number of carbonyl (C=O) groups is 1. The molecule has 0 fully saturated rings. The third kappa shape index (κ3) is 4.05. The molecule has 0 aliphatic rings. The first kappa shape index (κ1) is 21.0. The lowest BCUT2D eigenvalue weighted by atomic mass is 10.1. The van der Waals surface area contributed by atoms with Crippen molar-refractivity contribution >= 4 is 49.7 Å². The Kier molecular flexibility index (Phi) is 5.79. The fourth-order valence-corrected chi connectivity index (χ4v) is 4.11. The van der Waals surface area contributed by atoms with Crippen molar-refractivity contribution in [2.24, 2.45) is 0 Å². The molecular weight excluding hydrogens is 414 g/mol. The molecule has 0 saturated carbocycles. The number of halogens is 1. The molecule has 152 valence electrons. The summed E-state index contributed by atoms with van der Waals surface area (Å²) in [7, 11) is -0.616. The number of carboxylic acid groups (broad SMARTS) is 1. The van der Waals surface area contributed by atoms with Gasteiger partial charge < -0.3 is 9.67 Å². The first-order valence-corrected chi connectivity index (χ1v) is 10.6. The Bertz CT molecular complexity index is 1210. The van der Waals surface area contributed by atoms with Crippen molar-refractivity contribution in [2.75, 3.05) is 14.1 Å². The van der Waals surface area contributed by atoms with E-state index in [2.05, 4.69) is 4.98 Å². The van der Waals surface area contributed by atoms with Crippen molar-refractivity contribution < 1.29 is 18.3 Å². The molecule has 0 radical (unpaired) electrons. The quantitative estimate of drug-likeness (QED) is 0.639. The van der Waals surface area contributed by atoms with Crippen LogP contribution >= 0.6 is 11.6 Å². The van der Waals surface area contributed by atoms with Crippen molar-refractivity contribution in [2.45, 2.75) is 18.4 Å². The van der Waals surface area contributed by atoms with Gasteiger partial charge in [0.2, 0.25) is 10.0 Å². The van der Waals surface area contributed by atoms with E-state index in [1.165, 1.54) is 32.3 Å². The SMILES string of the molecule is CCn1c(/C(Cl)=C/c2ccc(C(=O)O)cc2)nc2cc(S(=O)(=O)N(C)C)ccc21. The number of aromatic carboxylic acids is 1. The van der Waals surface area contributed by atoms with Gasteiger partial charge in [-0.05, 0) is 48.9 Å². The van der Waals surface area contributed by atoms with E-state index >= 15 is 0 Å². The summed E-state index contributed by atoms with van der Waals surface area (Å²) in [5.74, 6) is -0.492. The number of aromatic nitrogens is 2. The third-order valence-electron chi connectivity index (χ3n) is 4.48. The van der Waals surface area contributed by atoms with E-state index in [-0.39, 0.29) is 10.5 Å². The van der Waals surface area contributed by atoms with Gasteiger partial charge >= 0.3 is 5.97 Å². The van der Waals surface area contributed by atoms with Crippen LogP contribution in [0.4, 0.5) is 0 Å². The van der Waals surface area contributed by atoms with E-state index in [9.17, 15) is 13.2 Å². The van der Waals surface area contributed by atoms with Crippen molar-refractivity contribution in [3.05, 3.63) is 59.4 Å². The van der Waals surface area contributed by atoms with Gasteiger partial charge in [0.15, 0.2) is 5.82 Å². The fraction of sp³-hybridized carbons (Fsp3) is 0.200. The van der Waals surface area contributed by atoms with Crippen LogP contribution in [0, 0.1) is 0 Å². The molecule has 29 heavy (non-hydrogen) atoms. The maximum atomic E-state index is 12.4. The number of fused-ring (bicyclic) bond motifs is 1. The van der Waals surface area contributed by atoms with Gasteiger partial charge in [-0.15, -0.1) is 0 Å². The minimum atomic E-state index is -3.57. The highest BCUT2D eigenvalue weighted by Gasteiger charge is 2.20. The Morgan fingerprint density at radius 1 is 1.21 bits per heavy atom. The van der Waals surface area contributed by atoms with Crippen LogP contribution < -0.4 is 0 Å². The molecule has 0 aliphatic heterocycles. The molecule has 2 aromatic carbocycles. The van der Waals surface area contributed by atoms with Gasteiger partial charge in [0, 0.05) is 20.6 Å². The molecule has 9 heteroatoms. The molecule has 1 N–H and O–H groups in total. The van der Waals surface area contributed by atoms with E-state index in [4.69, 9.17) is 16.7 Å². The summed E-state index contributed by atoms with van der Waals surface area (Å²) >= 11 is 6.51. The van der Waals surface area contributed by atoms with Crippen LogP contribution in [-0.2, 0) is 16.6 Å². The summed E-state index contributed by atoms with van der Waals surface area (Å²) in [6.07, 6.45) is 1.69. The third-order valence-corrected chi connectivity index (χ3v) is 6.57. The predicted molar refractivity (Wildman–Crippen MR) is 113 cm³/mol. The van der Waals surface area contributed by atoms with Gasteiger partial charge in [0.1, 0.15) is 0 Å². The predicted octanol–water partition coefficient (Wildman–Crippen LogP) is 3.74. The number of hydrogen-bond acceptors (Lipinski definition) is 4. The standard InChI is InChI=1S/C20H20ClN3O4S/c1-4-24-18-10-9-15(29(27,28)23(2)3)12-17(18)22-19(24)16(21)11-13-5-7-14(8-6-13)20(25)26/h5-12H,4H2,1-3H3,(H,25,26)/b16-11-. The number of nitrogens with zero attached hydrogens (tertiary/aromatic N) is 3. The molecule has 0 spiro atoms. The van der Waals surface area contributed by atoms with Crippen LogP contribution in [0.2, 0.25) is 0 Å². The van der Waals surface area contributed by atoms with Crippen LogP contribution in [0.25, 0.3) is 22.1 Å². The average molecular weight is 434 g/mol. The average Bonchev–Trinajstić information content (AvgIpc) is 3.06. The molecule has 3 aromatic rings. The number of aryl methyl sites for hydroxylation is 1. The monoisotopic (exact) mass is 433 g/mol. The molecule has 0 aliphatic carbocycles. The van der Waals surface area contributed by atoms with Gasteiger partial charge in [-0.25, -0.2) is 22.5 Å². The zero-order valence-electron chi connectivity index (χ0n) is 16.1. The van der Waals surface area contributed by atoms with Crippen molar-refractivity contribution in [1.82, 2.24) is 13.9 Å². The smallest absolute Gasteiger partial charge is 0.335 e. The number of carboxylic acids is 1. The minimum Gasteiger partial charge on any atom is -0.478 e. The normalized spacial score (nSPS) is 12.7. The Balaban J connectivity index is 2.07. The van der Waals surface area contributed by atoms with E-state index in [1.54, 1.807) is 30.3 Å². The molecule has 0 saturated heterocycles. The molecule has 7 nitrogen and oxygen atoms in total. The van der Waals surface area contributed by atoms with Crippen molar-refractivity contribution in [3.8, 4) is 0 Å². The highest BCUT2D eigenvalue weighted by Crippen LogP contribution is 2.28. The van der Waals surface area contributed by atoms with Crippen molar-refractivity contribution in [3.63, 3.8) is 0 Å². The lowest BCUT2D eigenvalue weighted by Gasteiger charge is -2.11. The van der Waals surface area contributed by atoms with Crippen LogP contribution in [0.5, 0.6) is 0 Å². The van der Waals surface area contributed by atoms with Crippen LogP contribution in [-0.4, -0.2) is 47.4 Å². The fourth-order valence-electron chi connectivity index (χ4n) is 2.92. The van der Waals surface area contributed by atoms with Crippen LogP contribution in [0.3, 0.4) is 0 Å². The largest absolute Gasteiger partial charge is 0.478 e. The zero-order valence-corrected chi connectivity index (χ0v) is 17.7. The summed E-state index contributed by atoms with van der Waals surface area (Å²) < 4.78 is 27.8. The van der Waals surface area contributed by atoms with Gasteiger partial charge in [-0.3, -0.25) is 0 Å². The van der Waals surface area contributed by atoms with E-state index in [0.717, 1.165) is 15.4 Å². The molecule has 0 bridgehead atoms. The van der Waals surface area contributed by atoms with Crippen molar-refractivity contribution in [1.29, 1.82) is 0 Å². The van der Waals surface area contributed by atoms with Gasteiger partial charge in [-0.1, -0.05) is 23.7 Å². The summed E-state index contributed by atoms with van der Waals surface area (Å²) in [4.78, 5) is 15.7. The number of imidazole rings is 1. The highest BCUT2D eigenvalue weighted by molar-refractivity contribution is 7.89. The second-order valence-corrected chi connectivity index (χ2v) is 9.10.